The second kappa shape index (κ2) is 6.73. The van der Waals surface area contributed by atoms with Crippen molar-refractivity contribution in [1.29, 1.82) is 0 Å². The Bertz CT molecular complexity index is 624. The van der Waals surface area contributed by atoms with E-state index in [0.717, 1.165) is 25.8 Å². The lowest BCUT2D eigenvalue weighted by atomic mass is 9.97. The molecule has 0 aliphatic carbocycles. The zero-order valence-corrected chi connectivity index (χ0v) is 12.9. The predicted molar refractivity (Wildman–Crippen MR) is 82.4 cm³/mol. The van der Waals surface area contributed by atoms with E-state index in [1.165, 1.54) is 5.56 Å². The molecule has 2 aromatic rings. The highest BCUT2D eigenvalue weighted by atomic mass is 16.5. The van der Waals surface area contributed by atoms with Crippen LogP contribution in [0.2, 0.25) is 0 Å². The topological polar surface area (TPSA) is 59.2 Å². The molecule has 1 aromatic carbocycles. The third-order valence-corrected chi connectivity index (χ3v) is 4.13. The molecule has 3 rings (SSSR count). The molecule has 0 N–H and O–H groups in total. The van der Waals surface area contributed by atoms with Crippen molar-refractivity contribution in [2.45, 2.75) is 38.5 Å². The van der Waals surface area contributed by atoms with Gasteiger partial charge in [0.2, 0.25) is 11.8 Å². The van der Waals surface area contributed by atoms with Crippen molar-refractivity contribution in [3.63, 3.8) is 0 Å². The molecule has 116 valence electrons. The van der Waals surface area contributed by atoms with Gasteiger partial charge in [-0.15, -0.1) is 0 Å². The summed E-state index contributed by atoms with van der Waals surface area (Å²) < 4.78 is 5.26. The molecule has 5 heteroatoms. The highest BCUT2D eigenvalue weighted by Crippen LogP contribution is 2.26. The Morgan fingerprint density at radius 1 is 1.32 bits per heavy atom. The van der Waals surface area contributed by atoms with E-state index in [-0.39, 0.29) is 11.8 Å². The lowest BCUT2D eigenvalue weighted by molar-refractivity contribution is -0.134. The number of benzene rings is 1. The van der Waals surface area contributed by atoms with Crippen LogP contribution < -0.4 is 0 Å². The fourth-order valence-corrected chi connectivity index (χ4v) is 2.93. The van der Waals surface area contributed by atoms with E-state index in [1.54, 1.807) is 0 Å². The highest BCUT2D eigenvalue weighted by Gasteiger charge is 2.29. The second-order valence-electron chi connectivity index (χ2n) is 5.84. The number of aromatic nitrogens is 2. The van der Waals surface area contributed by atoms with E-state index in [1.807, 2.05) is 17.9 Å². The molecule has 5 nitrogen and oxygen atoms in total. The zero-order chi connectivity index (χ0) is 15.4. The van der Waals surface area contributed by atoms with Crippen molar-refractivity contribution in [2.75, 3.05) is 13.1 Å². The van der Waals surface area contributed by atoms with Crippen LogP contribution in [-0.2, 0) is 11.2 Å². The van der Waals surface area contributed by atoms with Crippen LogP contribution in [-0.4, -0.2) is 34.0 Å². The third kappa shape index (κ3) is 3.53. The van der Waals surface area contributed by atoms with Gasteiger partial charge in [0.15, 0.2) is 5.82 Å². The summed E-state index contributed by atoms with van der Waals surface area (Å²) in [6.45, 7) is 3.30. The lowest BCUT2D eigenvalue weighted by Gasteiger charge is -2.31. The summed E-state index contributed by atoms with van der Waals surface area (Å²) in [5.74, 6) is 1.73. The van der Waals surface area contributed by atoms with Crippen molar-refractivity contribution < 1.29 is 9.32 Å². The van der Waals surface area contributed by atoms with Crippen LogP contribution in [0.25, 0.3) is 0 Å². The van der Waals surface area contributed by atoms with Crippen LogP contribution in [0.15, 0.2) is 34.9 Å². The van der Waals surface area contributed by atoms with Crippen LogP contribution in [0.5, 0.6) is 0 Å². The summed E-state index contributed by atoms with van der Waals surface area (Å²) in [5, 5.41) is 3.85. The van der Waals surface area contributed by atoms with Gasteiger partial charge in [0.25, 0.3) is 0 Å². The van der Waals surface area contributed by atoms with Gasteiger partial charge in [-0.3, -0.25) is 4.79 Å². The molecule has 0 unspecified atom stereocenters. The number of piperidine rings is 1. The first-order valence-corrected chi connectivity index (χ1v) is 7.84. The van der Waals surface area contributed by atoms with Gasteiger partial charge in [0.1, 0.15) is 0 Å². The molecule has 1 fully saturated rings. The Balaban J connectivity index is 1.54. The number of amides is 1. The Morgan fingerprint density at radius 2 is 2.14 bits per heavy atom. The fraction of sp³-hybridized carbons (Fsp3) is 0.471. The third-order valence-electron chi connectivity index (χ3n) is 4.13. The largest absolute Gasteiger partial charge is 0.342 e. The smallest absolute Gasteiger partial charge is 0.231 e. The number of rotatable bonds is 5. The number of nitrogens with zero attached hydrogens (tertiary/aromatic N) is 3. The molecule has 0 saturated carbocycles. The van der Waals surface area contributed by atoms with Crippen LogP contribution in [0.3, 0.4) is 0 Å². The van der Waals surface area contributed by atoms with Crippen LogP contribution in [0.4, 0.5) is 0 Å². The number of carbonyl (C=O) groups excluding carboxylic acids is 1. The minimum absolute atomic E-state index is 0.177. The molecule has 1 aliphatic heterocycles. The van der Waals surface area contributed by atoms with Gasteiger partial charge in [-0.25, -0.2) is 0 Å². The second-order valence-corrected chi connectivity index (χ2v) is 5.84. The predicted octanol–water partition coefficient (Wildman–Crippen LogP) is 2.72. The summed E-state index contributed by atoms with van der Waals surface area (Å²) in [6, 6.07) is 10.4. The molecular formula is C17H21N3O2. The van der Waals surface area contributed by atoms with Gasteiger partial charge in [-0.2, -0.15) is 4.98 Å². The van der Waals surface area contributed by atoms with Crippen molar-refractivity contribution in [2.24, 2.45) is 0 Å². The number of hydrogen-bond acceptors (Lipinski definition) is 4. The first-order valence-electron chi connectivity index (χ1n) is 7.84. The van der Waals surface area contributed by atoms with Crippen molar-refractivity contribution in [1.82, 2.24) is 15.0 Å². The molecule has 1 amide bonds. The maximum Gasteiger partial charge on any atom is 0.231 e. The summed E-state index contributed by atoms with van der Waals surface area (Å²) in [7, 11) is 0. The molecule has 0 bridgehead atoms. The van der Waals surface area contributed by atoms with Gasteiger partial charge < -0.3 is 9.42 Å². The first-order chi connectivity index (χ1) is 10.7. The van der Waals surface area contributed by atoms with Crippen LogP contribution in [0.1, 0.15) is 42.5 Å². The standard InChI is InChI=1S/C17H21N3O2/c1-13-18-17(22-19-13)15-9-10-16(21)20(12-15)11-5-8-14-6-3-2-4-7-14/h2-4,6-7,15H,5,8-12H2,1H3/t15-/m0/s1. The molecule has 1 saturated heterocycles. The van der Waals surface area contributed by atoms with Crippen molar-refractivity contribution >= 4 is 5.91 Å². The van der Waals surface area contributed by atoms with Crippen molar-refractivity contribution in [3.05, 3.63) is 47.6 Å². The summed E-state index contributed by atoms with van der Waals surface area (Å²) in [4.78, 5) is 18.3. The van der Waals surface area contributed by atoms with Crippen LogP contribution in [0, 0.1) is 6.92 Å². The minimum Gasteiger partial charge on any atom is -0.342 e. The maximum absolute atomic E-state index is 12.1. The Morgan fingerprint density at radius 3 is 2.86 bits per heavy atom. The van der Waals surface area contributed by atoms with E-state index in [2.05, 4.69) is 34.4 Å². The summed E-state index contributed by atoms with van der Waals surface area (Å²) >= 11 is 0. The fourth-order valence-electron chi connectivity index (χ4n) is 2.93. The summed E-state index contributed by atoms with van der Waals surface area (Å²) in [6.07, 6.45) is 3.34. The van der Waals surface area contributed by atoms with Crippen molar-refractivity contribution in [3.8, 4) is 0 Å². The van der Waals surface area contributed by atoms with Gasteiger partial charge in [0.05, 0.1) is 5.92 Å². The monoisotopic (exact) mass is 299 g/mol. The number of likely N-dealkylation sites (tertiary alicyclic amines) is 1. The number of aryl methyl sites for hydroxylation is 2. The molecule has 1 aliphatic rings. The Kier molecular flexibility index (Phi) is 4.51. The number of carbonyl (C=O) groups is 1. The Labute approximate surface area is 130 Å². The highest BCUT2D eigenvalue weighted by molar-refractivity contribution is 5.77. The first kappa shape index (κ1) is 14.8. The molecule has 1 aromatic heterocycles. The Hall–Kier alpha value is -2.17. The number of hydrogen-bond donors (Lipinski definition) is 0. The van der Waals surface area contributed by atoms with E-state index in [0.29, 0.717) is 24.7 Å². The SMILES string of the molecule is Cc1noc([C@H]2CCC(=O)N(CCCc3ccccc3)C2)n1. The van der Waals surface area contributed by atoms with Gasteiger partial charge in [-0.05, 0) is 31.7 Å². The minimum atomic E-state index is 0.177. The van der Waals surface area contributed by atoms with Crippen LogP contribution >= 0.6 is 0 Å². The normalized spacial score (nSPS) is 18.7. The average Bonchev–Trinajstić information content (AvgIpc) is 2.97. The molecular weight excluding hydrogens is 278 g/mol. The average molecular weight is 299 g/mol. The zero-order valence-electron chi connectivity index (χ0n) is 12.9. The van der Waals surface area contributed by atoms with Gasteiger partial charge >= 0.3 is 0 Å². The van der Waals surface area contributed by atoms with Gasteiger partial charge in [-0.1, -0.05) is 35.5 Å². The van der Waals surface area contributed by atoms with E-state index in [9.17, 15) is 4.79 Å². The maximum atomic E-state index is 12.1. The van der Waals surface area contributed by atoms with Gasteiger partial charge in [0, 0.05) is 19.5 Å². The molecule has 22 heavy (non-hydrogen) atoms. The summed E-state index contributed by atoms with van der Waals surface area (Å²) in [5.41, 5.74) is 1.32. The lowest BCUT2D eigenvalue weighted by Crippen LogP contribution is -2.39. The molecule has 0 radical (unpaired) electrons. The molecule has 0 spiro atoms. The molecule has 1 atom stereocenters. The van der Waals surface area contributed by atoms with E-state index < -0.39 is 0 Å². The quantitative estimate of drug-likeness (QED) is 0.851. The van der Waals surface area contributed by atoms with E-state index >= 15 is 0 Å². The molecule has 2 heterocycles. The van der Waals surface area contributed by atoms with E-state index in [4.69, 9.17) is 4.52 Å².